The molecule has 11 heteroatoms. The van der Waals surface area contributed by atoms with Crippen LogP contribution in [-0.4, -0.2) is 46.0 Å². The second-order valence-electron chi connectivity index (χ2n) is 14.4. The zero-order chi connectivity index (χ0) is 36.9. The summed E-state index contributed by atoms with van der Waals surface area (Å²) in [5, 5.41) is 0. The molecule has 2 aliphatic carbocycles. The number of Topliss-reactive ketones (excluding diaryl/α,β-unsaturated/α-hetero) is 1. The molecule has 4 atom stereocenters. The van der Waals surface area contributed by atoms with Gasteiger partial charge < -0.3 is 8.85 Å². The standard InChI is InChI=1S/C30H50F6O3Si2/c1-25(2,38-40(5,6)7)17-12-18-26(3,24-16-15-22-23(37)14-11-20-27(22,24)4)19-13-21-28(29(31,32)33,30(34,35)36)39-41(8,9)10/h22,24H,11-12,14-20H2,1-10H3/t22?,24-,26-,27+/m1/s1/i1D3,2D3. The maximum absolute atomic E-state index is 14.3. The lowest BCUT2D eigenvalue weighted by atomic mass is 9.56. The Bertz CT molecular complexity index is 1170. The molecule has 2 aliphatic rings. The van der Waals surface area contributed by atoms with Crippen molar-refractivity contribution < 1.29 is 48.2 Å². The monoisotopic (exact) mass is 634 g/mol. The molecule has 2 saturated carbocycles. The summed E-state index contributed by atoms with van der Waals surface area (Å²) in [6.07, 6.45) is -10.2. The molecule has 3 nitrogen and oxygen atoms in total. The molecule has 2 fully saturated rings. The van der Waals surface area contributed by atoms with Crippen LogP contribution in [0.3, 0.4) is 0 Å². The van der Waals surface area contributed by atoms with E-state index in [1.165, 1.54) is 25.6 Å². The molecule has 41 heavy (non-hydrogen) atoms. The van der Waals surface area contributed by atoms with Gasteiger partial charge in [0.25, 0.3) is 0 Å². The third-order valence-electron chi connectivity index (χ3n) is 8.48. The van der Waals surface area contributed by atoms with Crippen LogP contribution in [0.4, 0.5) is 26.3 Å². The minimum absolute atomic E-state index is 0.0335. The number of halogens is 6. The quantitative estimate of drug-likeness (QED) is 0.136. The van der Waals surface area contributed by atoms with Crippen LogP contribution in [0.1, 0.15) is 93.6 Å². The van der Waals surface area contributed by atoms with E-state index < -0.39 is 77.6 Å². The maximum atomic E-state index is 14.3. The van der Waals surface area contributed by atoms with Gasteiger partial charge in [0, 0.05) is 27.0 Å². The lowest BCUT2D eigenvalue weighted by molar-refractivity contribution is -0.336. The van der Waals surface area contributed by atoms with Crippen molar-refractivity contribution in [3.8, 4) is 11.8 Å². The first-order chi connectivity index (χ1) is 20.7. The molecular formula is C30H50F6O3Si2. The molecular weight excluding hydrogens is 578 g/mol. The van der Waals surface area contributed by atoms with E-state index in [0.717, 1.165) is 0 Å². The van der Waals surface area contributed by atoms with Crippen molar-refractivity contribution in [3.63, 3.8) is 0 Å². The Morgan fingerprint density at radius 2 is 1.51 bits per heavy atom. The van der Waals surface area contributed by atoms with E-state index in [1.807, 2.05) is 6.92 Å². The Kier molecular flexibility index (Phi) is 8.05. The van der Waals surface area contributed by atoms with Crippen molar-refractivity contribution in [1.82, 2.24) is 0 Å². The van der Waals surface area contributed by atoms with Crippen LogP contribution in [0.2, 0.25) is 39.3 Å². The Morgan fingerprint density at radius 3 is 2.00 bits per heavy atom. The van der Waals surface area contributed by atoms with Crippen molar-refractivity contribution in [2.45, 2.75) is 148 Å². The summed E-state index contributed by atoms with van der Waals surface area (Å²) in [7, 11) is -6.25. The fraction of sp³-hybridized carbons (Fsp3) is 0.900. The highest BCUT2D eigenvalue weighted by atomic mass is 28.4. The first-order valence-electron chi connectivity index (χ1n) is 17.2. The molecule has 0 spiro atoms. The molecule has 0 bridgehead atoms. The van der Waals surface area contributed by atoms with Gasteiger partial charge in [-0.3, -0.25) is 4.79 Å². The number of carbonyl (C=O) groups excluding carboxylic acids is 1. The largest absolute Gasteiger partial charge is 0.437 e. The van der Waals surface area contributed by atoms with Crippen molar-refractivity contribution >= 4 is 22.4 Å². The third-order valence-corrected chi connectivity index (χ3v) is 10.4. The molecule has 0 radical (unpaired) electrons. The minimum Gasteiger partial charge on any atom is -0.413 e. The molecule has 238 valence electrons. The summed E-state index contributed by atoms with van der Waals surface area (Å²) in [4.78, 5) is 12.9. The van der Waals surface area contributed by atoms with E-state index in [1.54, 1.807) is 26.6 Å². The van der Waals surface area contributed by atoms with Gasteiger partial charge in [-0.05, 0) is 114 Å². The molecule has 0 heterocycles. The fourth-order valence-corrected chi connectivity index (χ4v) is 9.40. The van der Waals surface area contributed by atoms with Crippen LogP contribution in [0.25, 0.3) is 0 Å². The zero-order valence-corrected chi connectivity index (χ0v) is 27.5. The van der Waals surface area contributed by atoms with E-state index >= 15 is 0 Å². The Hall–Kier alpha value is -0.836. The van der Waals surface area contributed by atoms with E-state index in [4.69, 9.17) is 17.1 Å². The highest BCUT2D eigenvalue weighted by molar-refractivity contribution is 6.70. The van der Waals surface area contributed by atoms with Crippen LogP contribution in [0, 0.1) is 34.5 Å². The van der Waals surface area contributed by atoms with E-state index in [-0.39, 0.29) is 30.5 Å². The molecule has 0 aromatic rings. The van der Waals surface area contributed by atoms with Gasteiger partial charge in [-0.15, -0.1) is 0 Å². The summed E-state index contributed by atoms with van der Waals surface area (Å²) in [6.45, 7) is 6.07. The number of hydrogen-bond donors (Lipinski definition) is 0. The van der Waals surface area contributed by atoms with Crippen LogP contribution in [0.5, 0.6) is 0 Å². The number of fused-ring (bicyclic) bond motifs is 1. The van der Waals surface area contributed by atoms with Crippen molar-refractivity contribution in [2.24, 2.45) is 22.7 Å². The van der Waals surface area contributed by atoms with Gasteiger partial charge in [0.15, 0.2) is 16.6 Å². The highest BCUT2D eigenvalue weighted by Crippen LogP contribution is 2.61. The summed E-state index contributed by atoms with van der Waals surface area (Å²) in [5.41, 5.74) is -8.96. The van der Waals surface area contributed by atoms with Gasteiger partial charge >= 0.3 is 18.0 Å². The van der Waals surface area contributed by atoms with Gasteiger partial charge in [0.2, 0.25) is 0 Å². The van der Waals surface area contributed by atoms with Gasteiger partial charge in [-0.2, -0.15) is 26.3 Å². The Morgan fingerprint density at radius 1 is 0.951 bits per heavy atom. The zero-order valence-electron chi connectivity index (χ0n) is 31.5. The second-order valence-corrected chi connectivity index (χ2v) is 23.3. The summed E-state index contributed by atoms with van der Waals surface area (Å²) in [5.74, 6) is 3.08. The smallest absolute Gasteiger partial charge is 0.413 e. The second kappa shape index (κ2) is 11.9. The van der Waals surface area contributed by atoms with Gasteiger partial charge in [-0.1, -0.05) is 26.2 Å². The fourth-order valence-electron chi connectivity index (χ4n) is 7.05. The van der Waals surface area contributed by atoms with Crippen molar-refractivity contribution in [2.75, 3.05) is 0 Å². The van der Waals surface area contributed by atoms with Crippen molar-refractivity contribution in [3.05, 3.63) is 0 Å². The Balaban J connectivity index is 2.68. The SMILES string of the molecule is [2H]C([2H])([2H])C(CCC[C@](C)(CC#CC(O[Si](C)(C)C)(C(F)(F)F)C(F)(F)F)[C@H]1CCC2C(=O)CCC[C@@]21C)(O[Si](C)(C)C)C([2H])([2H])[2H]. The molecule has 0 saturated heterocycles. The maximum Gasteiger partial charge on any atom is 0.437 e. The molecule has 2 rings (SSSR count). The van der Waals surface area contributed by atoms with Gasteiger partial charge in [0.05, 0.1) is 5.60 Å². The normalized spacial score (nSPS) is 29.1. The van der Waals surface area contributed by atoms with Crippen LogP contribution >= 0.6 is 0 Å². The average molecular weight is 635 g/mol. The lowest BCUT2D eigenvalue weighted by Crippen LogP contribution is -2.61. The highest BCUT2D eigenvalue weighted by Gasteiger charge is 2.73. The number of alkyl halides is 6. The topological polar surface area (TPSA) is 35.5 Å². The molecule has 0 aromatic heterocycles. The first-order valence-corrected chi connectivity index (χ1v) is 21.1. The number of ketones is 1. The lowest BCUT2D eigenvalue weighted by Gasteiger charge is -2.48. The van der Waals surface area contributed by atoms with Crippen molar-refractivity contribution in [1.29, 1.82) is 0 Å². The number of carbonyl (C=O) groups is 1. The van der Waals surface area contributed by atoms with Gasteiger partial charge in [-0.25, -0.2) is 0 Å². The molecule has 0 aliphatic heterocycles. The van der Waals surface area contributed by atoms with Crippen LogP contribution in [-0.2, 0) is 13.6 Å². The average Bonchev–Trinajstić information content (AvgIpc) is 3.17. The van der Waals surface area contributed by atoms with E-state index in [2.05, 4.69) is 5.92 Å². The number of hydrogen-bond acceptors (Lipinski definition) is 3. The Labute approximate surface area is 253 Å². The first kappa shape index (κ1) is 27.7. The third kappa shape index (κ3) is 8.63. The minimum atomic E-state index is -5.90. The van der Waals surface area contributed by atoms with Crippen LogP contribution in [0.15, 0.2) is 0 Å². The molecule has 0 N–H and O–H groups in total. The molecule has 0 amide bonds. The number of rotatable bonds is 10. The molecule has 1 unspecified atom stereocenters. The summed E-state index contributed by atoms with van der Waals surface area (Å²) in [6, 6.07) is 0. The van der Waals surface area contributed by atoms with Gasteiger partial charge in [0.1, 0.15) is 5.78 Å². The van der Waals surface area contributed by atoms with E-state index in [0.29, 0.717) is 32.1 Å². The molecule has 0 aromatic carbocycles. The summed E-state index contributed by atoms with van der Waals surface area (Å²) >= 11 is 0. The predicted octanol–water partition coefficient (Wildman–Crippen LogP) is 9.69. The van der Waals surface area contributed by atoms with E-state index in [9.17, 15) is 31.1 Å². The van der Waals surface area contributed by atoms with Crippen LogP contribution < -0.4 is 0 Å². The summed E-state index contributed by atoms with van der Waals surface area (Å²) < 4.78 is 146. The predicted molar refractivity (Wildman–Crippen MR) is 155 cm³/mol.